The van der Waals surface area contributed by atoms with Crippen LogP contribution < -0.4 is 5.32 Å². The summed E-state index contributed by atoms with van der Waals surface area (Å²) in [6.45, 7) is 5.40. The van der Waals surface area contributed by atoms with Crippen LogP contribution in [0.25, 0.3) is 0 Å². The van der Waals surface area contributed by atoms with Gasteiger partial charge in [0.05, 0.1) is 17.2 Å². The van der Waals surface area contributed by atoms with Crippen LogP contribution in [-0.2, 0) is 11.3 Å². The number of rotatable bonds is 4. The molecular weight excluding hydrogens is 380 g/mol. The molecule has 0 aromatic heterocycles. The number of phenolic OH excluding ortho intramolecular Hbond substituents is 1. The quantitative estimate of drug-likeness (QED) is 0.823. The lowest BCUT2D eigenvalue weighted by molar-refractivity contribution is -0.0586. The van der Waals surface area contributed by atoms with Gasteiger partial charge in [0, 0.05) is 30.8 Å². The molecule has 3 rings (SSSR count). The summed E-state index contributed by atoms with van der Waals surface area (Å²) in [5, 5.41) is 12.3. The first-order valence-corrected chi connectivity index (χ1v) is 9.51. The van der Waals surface area contributed by atoms with Crippen LogP contribution in [0.1, 0.15) is 40.1 Å². The summed E-state index contributed by atoms with van der Waals surface area (Å²) in [6.07, 6.45) is 0.0474. The zero-order chi connectivity index (χ0) is 20.3. The molecule has 7 heteroatoms. The molecule has 2 aromatic carbocycles. The molecule has 28 heavy (non-hydrogen) atoms. The molecule has 6 nitrogen and oxygen atoms in total. The molecule has 148 valence electrons. The largest absolute Gasteiger partial charge is 0.506 e. The van der Waals surface area contributed by atoms with Gasteiger partial charge in [-0.05, 0) is 49.7 Å². The van der Waals surface area contributed by atoms with Gasteiger partial charge < -0.3 is 20.1 Å². The predicted octanol–water partition coefficient (Wildman–Crippen LogP) is 3.23. The lowest BCUT2D eigenvalue weighted by Crippen LogP contribution is -2.48. The van der Waals surface area contributed by atoms with Crippen LogP contribution in [0.4, 0.5) is 0 Å². The second-order valence-corrected chi connectivity index (χ2v) is 7.42. The van der Waals surface area contributed by atoms with Gasteiger partial charge in [0.25, 0.3) is 11.8 Å². The molecule has 1 aliphatic heterocycles. The number of hydrogen-bond donors (Lipinski definition) is 2. The summed E-state index contributed by atoms with van der Waals surface area (Å²) >= 11 is 5.83. The fourth-order valence-electron chi connectivity index (χ4n) is 3.22. The molecule has 1 aliphatic rings. The summed E-state index contributed by atoms with van der Waals surface area (Å²) < 4.78 is 5.67. The third-order valence-electron chi connectivity index (χ3n) is 4.57. The summed E-state index contributed by atoms with van der Waals surface area (Å²) in [6, 6.07) is 11.5. The van der Waals surface area contributed by atoms with E-state index in [-0.39, 0.29) is 34.8 Å². The SMILES string of the molecule is CC1CN(C(=O)c2ccc(CNC(=O)c3ccc(O)c(Cl)c3)cc2)CC(C)O1. The molecule has 0 radical (unpaired) electrons. The van der Waals surface area contributed by atoms with E-state index in [1.54, 1.807) is 12.1 Å². The van der Waals surface area contributed by atoms with Crippen LogP contribution in [0.5, 0.6) is 5.75 Å². The highest BCUT2D eigenvalue weighted by Gasteiger charge is 2.26. The number of phenols is 1. The number of nitrogens with one attached hydrogen (secondary N) is 1. The van der Waals surface area contributed by atoms with E-state index in [9.17, 15) is 14.7 Å². The van der Waals surface area contributed by atoms with Gasteiger partial charge >= 0.3 is 0 Å². The minimum Gasteiger partial charge on any atom is -0.506 e. The molecule has 0 saturated carbocycles. The lowest BCUT2D eigenvalue weighted by atomic mass is 10.1. The van der Waals surface area contributed by atoms with E-state index in [4.69, 9.17) is 16.3 Å². The highest BCUT2D eigenvalue weighted by molar-refractivity contribution is 6.32. The number of hydrogen-bond acceptors (Lipinski definition) is 4. The molecule has 0 bridgehead atoms. The van der Waals surface area contributed by atoms with Crippen molar-refractivity contribution >= 4 is 23.4 Å². The number of morpholine rings is 1. The van der Waals surface area contributed by atoms with Crippen molar-refractivity contribution in [3.8, 4) is 5.75 Å². The molecule has 2 unspecified atom stereocenters. The van der Waals surface area contributed by atoms with E-state index in [0.29, 0.717) is 30.8 Å². The van der Waals surface area contributed by atoms with Crippen molar-refractivity contribution in [1.29, 1.82) is 0 Å². The van der Waals surface area contributed by atoms with Crippen molar-refractivity contribution in [3.05, 3.63) is 64.2 Å². The average molecular weight is 403 g/mol. The molecule has 1 fully saturated rings. The Morgan fingerprint density at radius 3 is 2.32 bits per heavy atom. The highest BCUT2D eigenvalue weighted by atomic mass is 35.5. The van der Waals surface area contributed by atoms with E-state index in [2.05, 4.69) is 5.32 Å². The molecule has 2 N–H and O–H groups in total. The van der Waals surface area contributed by atoms with E-state index in [1.807, 2.05) is 30.9 Å². The van der Waals surface area contributed by atoms with Crippen LogP contribution in [0.2, 0.25) is 5.02 Å². The Bertz CT molecular complexity index is 859. The molecule has 2 atom stereocenters. The van der Waals surface area contributed by atoms with Gasteiger partial charge in [0.1, 0.15) is 5.75 Å². The second-order valence-electron chi connectivity index (χ2n) is 7.01. The standard InChI is InChI=1S/C21H23ClN2O4/c1-13-11-24(12-14(2)28-13)21(27)16-5-3-15(4-6-16)10-23-20(26)17-7-8-19(25)18(22)9-17/h3-9,13-14,25H,10-12H2,1-2H3,(H,23,26). The predicted molar refractivity (Wildman–Crippen MR) is 107 cm³/mol. The summed E-state index contributed by atoms with van der Waals surface area (Å²) in [7, 11) is 0. The normalized spacial score (nSPS) is 19.3. The summed E-state index contributed by atoms with van der Waals surface area (Å²) in [4.78, 5) is 26.7. The lowest BCUT2D eigenvalue weighted by Gasteiger charge is -2.35. The Labute approximate surface area is 169 Å². The number of halogens is 1. The first-order valence-electron chi connectivity index (χ1n) is 9.14. The van der Waals surface area contributed by atoms with E-state index < -0.39 is 0 Å². The van der Waals surface area contributed by atoms with Gasteiger partial charge in [-0.2, -0.15) is 0 Å². The van der Waals surface area contributed by atoms with Gasteiger partial charge in [-0.15, -0.1) is 0 Å². The number of benzene rings is 2. The van der Waals surface area contributed by atoms with Gasteiger partial charge in [0.2, 0.25) is 0 Å². The second kappa shape index (κ2) is 8.63. The average Bonchev–Trinajstić information content (AvgIpc) is 2.67. The first-order chi connectivity index (χ1) is 13.3. The Hall–Kier alpha value is -2.57. The molecule has 2 aromatic rings. The molecular formula is C21H23ClN2O4. The molecule has 0 spiro atoms. The highest BCUT2D eigenvalue weighted by Crippen LogP contribution is 2.23. The van der Waals surface area contributed by atoms with Crippen molar-refractivity contribution in [2.24, 2.45) is 0 Å². The number of aromatic hydroxyl groups is 1. The van der Waals surface area contributed by atoms with Crippen LogP contribution in [0.3, 0.4) is 0 Å². The third-order valence-corrected chi connectivity index (χ3v) is 4.87. The maximum absolute atomic E-state index is 12.7. The Morgan fingerprint density at radius 2 is 1.71 bits per heavy atom. The first kappa shape index (κ1) is 20.2. The number of carbonyl (C=O) groups is 2. The Morgan fingerprint density at radius 1 is 1.11 bits per heavy atom. The number of nitrogens with zero attached hydrogens (tertiary/aromatic N) is 1. The Kier molecular flexibility index (Phi) is 6.21. The fourth-order valence-corrected chi connectivity index (χ4v) is 3.40. The van der Waals surface area contributed by atoms with Crippen molar-refractivity contribution in [2.75, 3.05) is 13.1 Å². The van der Waals surface area contributed by atoms with Crippen LogP contribution >= 0.6 is 11.6 Å². The summed E-state index contributed by atoms with van der Waals surface area (Å²) in [5.41, 5.74) is 1.85. The zero-order valence-corrected chi connectivity index (χ0v) is 16.6. The number of ether oxygens (including phenoxy) is 1. The van der Waals surface area contributed by atoms with Gasteiger partial charge in [0.15, 0.2) is 0 Å². The van der Waals surface area contributed by atoms with Crippen LogP contribution in [-0.4, -0.2) is 47.1 Å². The van der Waals surface area contributed by atoms with Gasteiger partial charge in [-0.25, -0.2) is 0 Å². The minimum atomic E-state index is -0.293. The minimum absolute atomic E-state index is 0.0173. The maximum Gasteiger partial charge on any atom is 0.254 e. The van der Waals surface area contributed by atoms with E-state index in [1.165, 1.54) is 18.2 Å². The Balaban J connectivity index is 1.59. The van der Waals surface area contributed by atoms with Gasteiger partial charge in [-0.3, -0.25) is 9.59 Å². The molecule has 0 aliphatic carbocycles. The molecule has 1 heterocycles. The van der Waals surface area contributed by atoms with E-state index in [0.717, 1.165) is 5.56 Å². The summed E-state index contributed by atoms with van der Waals surface area (Å²) in [5.74, 6) is -0.378. The molecule has 2 amide bonds. The third kappa shape index (κ3) is 4.82. The zero-order valence-electron chi connectivity index (χ0n) is 15.8. The van der Waals surface area contributed by atoms with Crippen molar-refractivity contribution < 1.29 is 19.4 Å². The van der Waals surface area contributed by atoms with E-state index >= 15 is 0 Å². The maximum atomic E-state index is 12.7. The van der Waals surface area contributed by atoms with Crippen molar-refractivity contribution in [2.45, 2.75) is 32.6 Å². The van der Waals surface area contributed by atoms with Crippen molar-refractivity contribution in [1.82, 2.24) is 10.2 Å². The topological polar surface area (TPSA) is 78.9 Å². The number of carbonyl (C=O) groups excluding carboxylic acids is 2. The van der Waals surface area contributed by atoms with Crippen LogP contribution in [0.15, 0.2) is 42.5 Å². The number of amides is 2. The monoisotopic (exact) mass is 402 g/mol. The molecule has 1 saturated heterocycles. The van der Waals surface area contributed by atoms with Crippen molar-refractivity contribution in [3.63, 3.8) is 0 Å². The fraction of sp³-hybridized carbons (Fsp3) is 0.333. The van der Waals surface area contributed by atoms with Gasteiger partial charge in [-0.1, -0.05) is 23.7 Å². The smallest absolute Gasteiger partial charge is 0.254 e. The van der Waals surface area contributed by atoms with Crippen LogP contribution in [0, 0.1) is 0 Å².